The van der Waals surface area contributed by atoms with E-state index in [-0.39, 0.29) is 24.4 Å². The van der Waals surface area contributed by atoms with Crippen LogP contribution in [0.25, 0.3) is 0 Å². The Morgan fingerprint density at radius 3 is 2.64 bits per heavy atom. The van der Waals surface area contributed by atoms with Crippen molar-refractivity contribution in [1.29, 1.82) is 0 Å². The Morgan fingerprint density at radius 1 is 1.41 bits per heavy atom. The van der Waals surface area contributed by atoms with Gasteiger partial charge in [0.2, 0.25) is 5.91 Å². The number of carbonyl (C=O) groups excluding carboxylic acids is 1. The quantitative estimate of drug-likeness (QED) is 0.879. The first-order valence-corrected chi connectivity index (χ1v) is 7.32. The summed E-state index contributed by atoms with van der Waals surface area (Å²) >= 11 is 0. The number of amides is 1. The highest BCUT2D eigenvalue weighted by Crippen LogP contribution is 2.49. The van der Waals surface area contributed by atoms with Crippen LogP contribution in [0.15, 0.2) is 18.2 Å². The summed E-state index contributed by atoms with van der Waals surface area (Å²) in [4.78, 5) is 24.7. The van der Waals surface area contributed by atoms with Gasteiger partial charge in [0, 0.05) is 18.0 Å². The van der Waals surface area contributed by atoms with Crippen LogP contribution in [0.3, 0.4) is 0 Å². The smallest absolute Gasteiger partial charge is 0.323 e. The standard InChI is InChI=1S/C16H19F2NO3/c1-3-9(2)19(8-15(20)21)16(22)13-7-12(13)11-5-4-10(17)6-14(11)18/h4-6,9,12-13H,3,7-8H2,1-2H3,(H,20,21). The SMILES string of the molecule is CCC(C)N(CC(=O)O)C(=O)C1CC1c1ccc(F)cc1F. The van der Waals surface area contributed by atoms with Gasteiger partial charge < -0.3 is 10.0 Å². The first-order valence-electron chi connectivity index (χ1n) is 7.32. The lowest BCUT2D eigenvalue weighted by Gasteiger charge is -2.27. The minimum absolute atomic E-state index is 0.192. The molecule has 1 aliphatic rings. The third-order valence-corrected chi connectivity index (χ3v) is 4.18. The Morgan fingerprint density at radius 2 is 2.09 bits per heavy atom. The highest BCUT2D eigenvalue weighted by Gasteiger charge is 2.47. The van der Waals surface area contributed by atoms with Crippen LogP contribution in [0.2, 0.25) is 0 Å². The molecule has 1 aromatic rings. The van der Waals surface area contributed by atoms with Gasteiger partial charge in [0.25, 0.3) is 0 Å². The lowest BCUT2D eigenvalue weighted by molar-refractivity contribution is -0.146. The molecule has 1 amide bonds. The summed E-state index contributed by atoms with van der Waals surface area (Å²) in [6, 6.07) is 3.14. The monoisotopic (exact) mass is 311 g/mol. The van der Waals surface area contributed by atoms with Gasteiger partial charge in [-0.25, -0.2) is 8.78 Å². The topological polar surface area (TPSA) is 57.6 Å². The van der Waals surface area contributed by atoms with Crippen molar-refractivity contribution in [3.05, 3.63) is 35.4 Å². The molecule has 6 heteroatoms. The summed E-state index contributed by atoms with van der Waals surface area (Å²) < 4.78 is 26.7. The largest absolute Gasteiger partial charge is 0.480 e. The summed E-state index contributed by atoms with van der Waals surface area (Å²) in [5, 5.41) is 8.94. The van der Waals surface area contributed by atoms with Crippen LogP contribution < -0.4 is 0 Å². The van der Waals surface area contributed by atoms with Gasteiger partial charge in [0.05, 0.1) is 0 Å². The van der Waals surface area contributed by atoms with E-state index in [1.165, 1.54) is 17.0 Å². The van der Waals surface area contributed by atoms with Crippen molar-refractivity contribution >= 4 is 11.9 Å². The molecule has 0 saturated heterocycles. The van der Waals surface area contributed by atoms with Crippen molar-refractivity contribution in [3.8, 4) is 0 Å². The van der Waals surface area contributed by atoms with E-state index >= 15 is 0 Å². The van der Waals surface area contributed by atoms with E-state index in [4.69, 9.17) is 5.11 Å². The average molecular weight is 311 g/mol. The molecule has 1 aliphatic carbocycles. The van der Waals surface area contributed by atoms with Crippen molar-refractivity contribution in [2.24, 2.45) is 5.92 Å². The Bertz CT molecular complexity index is 591. The maximum Gasteiger partial charge on any atom is 0.323 e. The fraction of sp³-hybridized carbons (Fsp3) is 0.500. The molecule has 0 bridgehead atoms. The van der Waals surface area contributed by atoms with Crippen molar-refractivity contribution < 1.29 is 23.5 Å². The molecular formula is C16H19F2NO3. The molecule has 1 saturated carbocycles. The summed E-state index contributed by atoms with van der Waals surface area (Å²) in [5.41, 5.74) is 0.319. The molecule has 22 heavy (non-hydrogen) atoms. The van der Waals surface area contributed by atoms with E-state index in [1.807, 2.05) is 6.92 Å². The number of hydrogen-bond donors (Lipinski definition) is 1. The summed E-state index contributed by atoms with van der Waals surface area (Å²) in [6.07, 6.45) is 1.11. The number of nitrogens with zero attached hydrogens (tertiary/aromatic N) is 1. The minimum atomic E-state index is -1.07. The van der Waals surface area contributed by atoms with Gasteiger partial charge in [-0.2, -0.15) is 0 Å². The second-order valence-corrected chi connectivity index (χ2v) is 5.73. The number of halogens is 2. The van der Waals surface area contributed by atoms with Gasteiger partial charge >= 0.3 is 5.97 Å². The zero-order valence-corrected chi connectivity index (χ0v) is 12.6. The molecule has 1 aromatic carbocycles. The Labute approximate surface area is 127 Å². The van der Waals surface area contributed by atoms with Crippen LogP contribution in [-0.4, -0.2) is 34.5 Å². The number of aliphatic carboxylic acids is 1. The third kappa shape index (κ3) is 3.43. The molecule has 1 fully saturated rings. The average Bonchev–Trinajstić information content (AvgIpc) is 3.23. The van der Waals surface area contributed by atoms with Crippen LogP contribution in [-0.2, 0) is 9.59 Å². The highest BCUT2D eigenvalue weighted by atomic mass is 19.1. The Kier molecular flexibility index (Phi) is 4.78. The molecule has 0 radical (unpaired) electrons. The second kappa shape index (κ2) is 6.42. The maximum atomic E-state index is 13.8. The van der Waals surface area contributed by atoms with Crippen LogP contribution in [0.4, 0.5) is 8.78 Å². The molecule has 0 aromatic heterocycles. The summed E-state index contributed by atoms with van der Waals surface area (Å²) in [7, 11) is 0. The van der Waals surface area contributed by atoms with E-state index in [1.54, 1.807) is 6.92 Å². The van der Waals surface area contributed by atoms with Gasteiger partial charge in [-0.1, -0.05) is 13.0 Å². The minimum Gasteiger partial charge on any atom is -0.480 e. The van der Waals surface area contributed by atoms with Gasteiger partial charge in [0.15, 0.2) is 0 Å². The summed E-state index contributed by atoms with van der Waals surface area (Å²) in [6.45, 7) is 3.30. The molecular weight excluding hydrogens is 292 g/mol. The van der Waals surface area contributed by atoms with Gasteiger partial charge in [-0.15, -0.1) is 0 Å². The molecule has 0 spiro atoms. The van der Waals surface area contributed by atoms with Crippen LogP contribution in [0.1, 0.15) is 38.2 Å². The number of carbonyl (C=O) groups is 2. The second-order valence-electron chi connectivity index (χ2n) is 5.73. The molecule has 1 N–H and O–H groups in total. The predicted molar refractivity (Wildman–Crippen MR) is 76.3 cm³/mol. The van der Waals surface area contributed by atoms with Crippen LogP contribution >= 0.6 is 0 Å². The lowest BCUT2D eigenvalue weighted by atomic mass is 10.1. The van der Waals surface area contributed by atoms with E-state index < -0.39 is 23.5 Å². The van der Waals surface area contributed by atoms with Crippen molar-refractivity contribution in [2.75, 3.05) is 6.54 Å². The zero-order valence-electron chi connectivity index (χ0n) is 12.6. The van der Waals surface area contributed by atoms with Gasteiger partial charge in [-0.05, 0) is 37.3 Å². The Hall–Kier alpha value is -1.98. The molecule has 0 aliphatic heterocycles. The third-order valence-electron chi connectivity index (χ3n) is 4.18. The molecule has 3 unspecified atom stereocenters. The van der Waals surface area contributed by atoms with Gasteiger partial charge in [-0.3, -0.25) is 9.59 Å². The van der Waals surface area contributed by atoms with Crippen LogP contribution in [0, 0.1) is 17.6 Å². The Balaban J connectivity index is 2.12. The van der Waals surface area contributed by atoms with E-state index in [2.05, 4.69) is 0 Å². The van der Waals surface area contributed by atoms with E-state index in [0.29, 0.717) is 18.4 Å². The van der Waals surface area contributed by atoms with E-state index in [0.717, 1.165) is 6.07 Å². The number of carboxylic acid groups (broad SMARTS) is 1. The number of carboxylic acids is 1. The van der Waals surface area contributed by atoms with Crippen LogP contribution in [0.5, 0.6) is 0 Å². The molecule has 3 atom stereocenters. The summed E-state index contributed by atoms with van der Waals surface area (Å²) in [5.74, 6) is -3.38. The van der Waals surface area contributed by atoms with Crippen molar-refractivity contribution in [1.82, 2.24) is 4.90 Å². The fourth-order valence-corrected chi connectivity index (χ4v) is 2.64. The first kappa shape index (κ1) is 16.4. The molecule has 2 rings (SSSR count). The first-order chi connectivity index (χ1) is 10.3. The predicted octanol–water partition coefficient (Wildman–Crippen LogP) is 2.78. The molecule has 4 nitrogen and oxygen atoms in total. The van der Waals surface area contributed by atoms with Crippen molar-refractivity contribution in [2.45, 2.75) is 38.6 Å². The number of hydrogen-bond acceptors (Lipinski definition) is 2. The number of benzene rings is 1. The lowest BCUT2D eigenvalue weighted by Crippen LogP contribution is -2.42. The normalized spacial score (nSPS) is 21.3. The molecule has 0 heterocycles. The molecule has 120 valence electrons. The highest BCUT2D eigenvalue weighted by molar-refractivity contribution is 5.86. The fourth-order valence-electron chi connectivity index (χ4n) is 2.64. The van der Waals surface area contributed by atoms with Gasteiger partial charge in [0.1, 0.15) is 18.2 Å². The zero-order chi connectivity index (χ0) is 16.4. The van der Waals surface area contributed by atoms with Crippen molar-refractivity contribution in [3.63, 3.8) is 0 Å². The number of rotatable bonds is 6. The van der Waals surface area contributed by atoms with E-state index in [9.17, 15) is 18.4 Å². The maximum absolute atomic E-state index is 13.8.